The van der Waals surface area contributed by atoms with Crippen LogP contribution in [0.25, 0.3) is 11.5 Å². The number of likely N-dealkylation sites (N-methyl/N-ethyl adjacent to an activating group) is 1. The molecular formula is C16H19FN4O3. The Morgan fingerprint density at radius 1 is 1.54 bits per heavy atom. The van der Waals surface area contributed by atoms with Crippen molar-refractivity contribution in [3.05, 3.63) is 29.8 Å². The number of aliphatic hydroxyl groups is 1. The highest BCUT2D eigenvalue weighted by Crippen LogP contribution is 2.39. The van der Waals surface area contributed by atoms with Crippen molar-refractivity contribution in [1.29, 1.82) is 0 Å². The summed E-state index contributed by atoms with van der Waals surface area (Å²) in [6, 6.07) is 3.16. The summed E-state index contributed by atoms with van der Waals surface area (Å²) in [6.45, 7) is 1.56. The lowest BCUT2D eigenvalue weighted by molar-refractivity contribution is 0.166. The van der Waals surface area contributed by atoms with Crippen LogP contribution >= 0.6 is 0 Å². The largest absolute Gasteiger partial charge is 0.394 e. The second-order valence-electron chi connectivity index (χ2n) is 5.99. The highest BCUT2D eigenvalue weighted by molar-refractivity contribution is 5.93. The smallest absolute Gasteiger partial charge is 0.321 e. The molecule has 1 aliphatic carbocycles. The van der Waals surface area contributed by atoms with Crippen LogP contribution in [-0.4, -0.2) is 45.9 Å². The molecule has 0 saturated heterocycles. The van der Waals surface area contributed by atoms with Gasteiger partial charge in [-0.1, -0.05) is 5.16 Å². The molecule has 0 aliphatic heterocycles. The van der Waals surface area contributed by atoms with E-state index in [2.05, 4.69) is 15.5 Å². The zero-order chi connectivity index (χ0) is 17.3. The third-order valence-corrected chi connectivity index (χ3v) is 4.08. The molecule has 1 aromatic heterocycles. The van der Waals surface area contributed by atoms with Crippen LogP contribution in [-0.2, 0) is 0 Å². The van der Waals surface area contributed by atoms with Gasteiger partial charge in [-0.3, -0.25) is 0 Å². The Morgan fingerprint density at radius 3 is 2.96 bits per heavy atom. The second kappa shape index (κ2) is 6.56. The normalized spacial score (nSPS) is 15.2. The molecule has 128 valence electrons. The Morgan fingerprint density at radius 2 is 2.29 bits per heavy atom. The zero-order valence-electron chi connectivity index (χ0n) is 13.5. The predicted octanol–water partition coefficient (Wildman–Crippen LogP) is 2.60. The van der Waals surface area contributed by atoms with E-state index in [-0.39, 0.29) is 18.5 Å². The molecule has 1 heterocycles. The van der Waals surface area contributed by atoms with Crippen LogP contribution in [0.15, 0.2) is 22.7 Å². The second-order valence-corrected chi connectivity index (χ2v) is 5.99. The summed E-state index contributed by atoms with van der Waals surface area (Å²) in [5, 5.41) is 15.7. The molecule has 1 aliphatic rings. The molecule has 1 fully saturated rings. The third kappa shape index (κ3) is 3.38. The number of carbonyl (C=O) groups is 1. The molecule has 2 aromatic rings. The van der Waals surface area contributed by atoms with Gasteiger partial charge in [0.1, 0.15) is 5.82 Å². The molecule has 2 N–H and O–H groups in total. The molecule has 8 heteroatoms. The van der Waals surface area contributed by atoms with Crippen LogP contribution in [0.4, 0.5) is 14.9 Å². The topological polar surface area (TPSA) is 91.5 Å². The minimum absolute atomic E-state index is 0.158. The number of hydrogen-bond donors (Lipinski definition) is 2. The average Bonchev–Trinajstić information content (AvgIpc) is 3.32. The van der Waals surface area contributed by atoms with Gasteiger partial charge < -0.3 is 19.8 Å². The van der Waals surface area contributed by atoms with Crippen LogP contribution in [0.2, 0.25) is 0 Å². The summed E-state index contributed by atoms with van der Waals surface area (Å²) in [6.07, 6.45) is 2.05. The molecule has 0 spiro atoms. The number of aliphatic hydroxyl groups excluding tert-OH is 1. The summed E-state index contributed by atoms with van der Waals surface area (Å²) in [5.74, 6) is 0.624. The fraction of sp³-hybridized carbons (Fsp3) is 0.438. The van der Waals surface area contributed by atoms with Crippen molar-refractivity contribution in [3.63, 3.8) is 0 Å². The van der Waals surface area contributed by atoms with Gasteiger partial charge >= 0.3 is 6.03 Å². The van der Waals surface area contributed by atoms with E-state index < -0.39 is 11.8 Å². The van der Waals surface area contributed by atoms with E-state index in [1.165, 1.54) is 23.1 Å². The summed E-state index contributed by atoms with van der Waals surface area (Å²) in [5.41, 5.74) is 0.692. The maximum atomic E-state index is 13.6. The zero-order valence-corrected chi connectivity index (χ0v) is 13.5. The lowest BCUT2D eigenvalue weighted by Gasteiger charge is -2.23. The standard InChI is InChI=1S/C16H19FN4O3/c1-9(8-22)21(2)16(23)18-13-6-5-11(17)7-12(13)15-19-14(20-24-15)10-3-4-10/h5-7,9-10,22H,3-4,8H2,1-2H3,(H,18,23). The minimum Gasteiger partial charge on any atom is -0.394 e. The first-order valence-corrected chi connectivity index (χ1v) is 7.77. The Bertz CT molecular complexity index is 745. The number of rotatable bonds is 5. The van der Waals surface area contributed by atoms with E-state index in [1.54, 1.807) is 14.0 Å². The van der Waals surface area contributed by atoms with Crippen molar-refractivity contribution in [1.82, 2.24) is 15.0 Å². The maximum absolute atomic E-state index is 13.6. The van der Waals surface area contributed by atoms with Gasteiger partial charge in [-0.2, -0.15) is 4.98 Å². The van der Waals surface area contributed by atoms with Crippen LogP contribution in [0.5, 0.6) is 0 Å². The van der Waals surface area contributed by atoms with Crippen molar-refractivity contribution in [2.75, 3.05) is 19.0 Å². The fourth-order valence-electron chi connectivity index (χ4n) is 2.18. The predicted molar refractivity (Wildman–Crippen MR) is 85.0 cm³/mol. The van der Waals surface area contributed by atoms with Gasteiger partial charge in [-0.05, 0) is 38.0 Å². The number of urea groups is 1. The Kier molecular flexibility index (Phi) is 4.48. The Balaban J connectivity index is 1.86. The summed E-state index contributed by atoms with van der Waals surface area (Å²) >= 11 is 0. The monoisotopic (exact) mass is 334 g/mol. The van der Waals surface area contributed by atoms with E-state index in [9.17, 15) is 9.18 Å². The fourth-order valence-corrected chi connectivity index (χ4v) is 2.18. The molecular weight excluding hydrogens is 315 g/mol. The van der Waals surface area contributed by atoms with E-state index in [0.717, 1.165) is 12.8 Å². The summed E-state index contributed by atoms with van der Waals surface area (Å²) in [7, 11) is 1.57. The Hall–Kier alpha value is -2.48. The highest BCUT2D eigenvalue weighted by atomic mass is 19.1. The number of anilines is 1. The van der Waals surface area contributed by atoms with Gasteiger partial charge in [-0.25, -0.2) is 9.18 Å². The summed E-state index contributed by atoms with van der Waals surface area (Å²) < 4.78 is 18.9. The van der Waals surface area contributed by atoms with Gasteiger partial charge in [0, 0.05) is 13.0 Å². The molecule has 24 heavy (non-hydrogen) atoms. The first-order chi connectivity index (χ1) is 11.5. The molecule has 2 amide bonds. The molecule has 0 bridgehead atoms. The number of nitrogens with one attached hydrogen (secondary N) is 1. The Labute approximate surface area is 138 Å². The molecule has 7 nitrogen and oxygen atoms in total. The van der Waals surface area contributed by atoms with Crippen LogP contribution in [0, 0.1) is 5.82 Å². The maximum Gasteiger partial charge on any atom is 0.321 e. The lowest BCUT2D eigenvalue weighted by atomic mass is 10.1. The van der Waals surface area contributed by atoms with E-state index in [0.29, 0.717) is 23.0 Å². The van der Waals surface area contributed by atoms with Crippen LogP contribution in [0.1, 0.15) is 31.5 Å². The minimum atomic E-state index is -0.466. The van der Waals surface area contributed by atoms with Crippen molar-refractivity contribution >= 4 is 11.7 Å². The van der Waals surface area contributed by atoms with Crippen LogP contribution in [0.3, 0.4) is 0 Å². The van der Waals surface area contributed by atoms with Gasteiger partial charge in [-0.15, -0.1) is 0 Å². The van der Waals surface area contributed by atoms with E-state index in [1.807, 2.05) is 0 Å². The molecule has 1 unspecified atom stereocenters. The van der Waals surface area contributed by atoms with Crippen LogP contribution < -0.4 is 5.32 Å². The number of hydrogen-bond acceptors (Lipinski definition) is 5. The number of nitrogens with zero attached hydrogens (tertiary/aromatic N) is 3. The van der Waals surface area contributed by atoms with Crippen molar-refractivity contribution in [3.8, 4) is 11.5 Å². The molecule has 0 radical (unpaired) electrons. The van der Waals surface area contributed by atoms with Crippen molar-refractivity contribution < 1.29 is 18.8 Å². The lowest BCUT2D eigenvalue weighted by Crippen LogP contribution is -2.40. The van der Waals surface area contributed by atoms with Gasteiger partial charge in [0.2, 0.25) is 0 Å². The summed E-state index contributed by atoms with van der Waals surface area (Å²) in [4.78, 5) is 17.9. The first-order valence-electron chi connectivity index (χ1n) is 7.77. The van der Waals surface area contributed by atoms with E-state index in [4.69, 9.17) is 9.63 Å². The quantitative estimate of drug-likeness (QED) is 0.877. The van der Waals surface area contributed by atoms with Crippen molar-refractivity contribution in [2.24, 2.45) is 0 Å². The average molecular weight is 334 g/mol. The molecule has 3 rings (SSSR count). The highest BCUT2D eigenvalue weighted by Gasteiger charge is 2.29. The van der Waals surface area contributed by atoms with Crippen molar-refractivity contribution in [2.45, 2.75) is 31.7 Å². The van der Waals surface area contributed by atoms with Gasteiger partial charge in [0.05, 0.1) is 23.9 Å². The number of aromatic nitrogens is 2. The first kappa shape index (κ1) is 16.4. The third-order valence-electron chi connectivity index (χ3n) is 4.08. The van der Waals surface area contributed by atoms with Gasteiger partial charge in [0.25, 0.3) is 5.89 Å². The number of halogens is 1. The molecule has 1 atom stereocenters. The SMILES string of the molecule is CC(CO)N(C)C(=O)Nc1ccc(F)cc1-c1nc(C2CC2)no1. The van der Waals surface area contributed by atoms with Gasteiger partial charge in [0.15, 0.2) is 5.82 Å². The molecule has 1 aromatic carbocycles. The number of benzene rings is 1. The number of carbonyl (C=O) groups excluding carboxylic acids is 1. The van der Waals surface area contributed by atoms with E-state index >= 15 is 0 Å². The molecule has 1 saturated carbocycles. The number of amides is 2.